The molecule has 1 atom stereocenters. The largest absolute Gasteiger partial charge is 0.489 e. The van der Waals surface area contributed by atoms with Crippen LogP contribution >= 0.6 is 12.4 Å². The van der Waals surface area contributed by atoms with Gasteiger partial charge in [-0.2, -0.15) is 0 Å². The van der Waals surface area contributed by atoms with Crippen LogP contribution in [0.15, 0.2) is 24.3 Å². The van der Waals surface area contributed by atoms with Gasteiger partial charge in [-0.3, -0.25) is 0 Å². The van der Waals surface area contributed by atoms with Crippen LogP contribution in [0.25, 0.3) is 0 Å². The molecule has 1 aromatic rings. The average molecular weight is 312 g/mol. The quantitative estimate of drug-likeness (QED) is 0.880. The maximum absolute atomic E-state index is 5.98. The number of rotatable bonds is 4. The zero-order chi connectivity index (χ0) is 14.8. The van der Waals surface area contributed by atoms with Crippen molar-refractivity contribution >= 4 is 12.4 Å². The van der Waals surface area contributed by atoms with Crippen molar-refractivity contribution in [3.63, 3.8) is 0 Å². The number of ether oxygens (including phenoxy) is 1. The number of hydrogen-bond acceptors (Lipinski definition) is 2. The highest BCUT2D eigenvalue weighted by Gasteiger charge is 2.27. The van der Waals surface area contributed by atoms with E-state index in [4.69, 9.17) is 4.74 Å². The first-order valence-corrected chi connectivity index (χ1v) is 7.74. The van der Waals surface area contributed by atoms with Gasteiger partial charge in [0.15, 0.2) is 0 Å². The second-order valence-electron chi connectivity index (χ2n) is 7.88. The third-order valence-electron chi connectivity index (χ3n) is 3.93. The molecule has 0 radical (unpaired) electrons. The molecular formula is C18H30ClNO. The Morgan fingerprint density at radius 3 is 2.19 bits per heavy atom. The predicted molar refractivity (Wildman–Crippen MR) is 92.7 cm³/mol. The Morgan fingerprint density at radius 1 is 1.10 bits per heavy atom. The molecule has 0 aliphatic carbocycles. The molecule has 1 aromatic carbocycles. The molecule has 0 bridgehead atoms. The Morgan fingerprint density at radius 2 is 1.71 bits per heavy atom. The van der Waals surface area contributed by atoms with Crippen LogP contribution in [0, 0.1) is 5.41 Å². The molecule has 21 heavy (non-hydrogen) atoms. The summed E-state index contributed by atoms with van der Waals surface area (Å²) in [6, 6.07) is 8.70. The number of benzene rings is 1. The van der Waals surface area contributed by atoms with E-state index in [0.717, 1.165) is 25.3 Å². The van der Waals surface area contributed by atoms with E-state index >= 15 is 0 Å². The van der Waals surface area contributed by atoms with E-state index < -0.39 is 0 Å². The molecule has 1 saturated heterocycles. The minimum atomic E-state index is 0. The summed E-state index contributed by atoms with van der Waals surface area (Å²) in [4.78, 5) is 0. The van der Waals surface area contributed by atoms with E-state index in [1.54, 1.807) is 0 Å². The van der Waals surface area contributed by atoms with Gasteiger partial charge in [0.25, 0.3) is 0 Å². The molecule has 0 aromatic heterocycles. The first-order chi connectivity index (χ1) is 9.26. The standard InChI is InChI=1S/C18H29NO.ClH/c1-17(2,3)13-18(4,5)14-6-8-15(9-7-14)20-16-10-11-19-12-16;/h6-9,16,19H,10-13H2,1-5H3;1H. The van der Waals surface area contributed by atoms with Gasteiger partial charge in [-0.25, -0.2) is 0 Å². The molecule has 1 heterocycles. The molecular weight excluding hydrogens is 282 g/mol. The van der Waals surface area contributed by atoms with Crippen molar-refractivity contribution in [2.75, 3.05) is 13.1 Å². The summed E-state index contributed by atoms with van der Waals surface area (Å²) in [5, 5.41) is 3.33. The van der Waals surface area contributed by atoms with Crippen molar-refractivity contribution in [2.45, 2.75) is 59.0 Å². The molecule has 2 nitrogen and oxygen atoms in total. The molecule has 1 N–H and O–H groups in total. The molecule has 2 rings (SSSR count). The van der Waals surface area contributed by atoms with Gasteiger partial charge in [-0.05, 0) is 47.9 Å². The summed E-state index contributed by atoms with van der Waals surface area (Å²) in [7, 11) is 0. The third kappa shape index (κ3) is 5.52. The number of nitrogens with one attached hydrogen (secondary N) is 1. The SMILES string of the molecule is CC(C)(C)CC(C)(C)c1ccc(OC2CCNC2)cc1.Cl. The molecule has 120 valence electrons. The lowest BCUT2D eigenvalue weighted by atomic mass is 9.72. The van der Waals surface area contributed by atoms with E-state index in [0.29, 0.717) is 11.5 Å². The van der Waals surface area contributed by atoms with Crippen LogP contribution in [-0.4, -0.2) is 19.2 Å². The highest BCUT2D eigenvalue weighted by atomic mass is 35.5. The van der Waals surface area contributed by atoms with Gasteiger partial charge in [0, 0.05) is 6.54 Å². The molecule has 1 aliphatic heterocycles. The smallest absolute Gasteiger partial charge is 0.119 e. The Bertz CT molecular complexity index is 428. The molecule has 0 spiro atoms. The van der Waals surface area contributed by atoms with Gasteiger partial charge in [-0.1, -0.05) is 46.8 Å². The lowest BCUT2D eigenvalue weighted by molar-refractivity contribution is 0.223. The molecule has 1 unspecified atom stereocenters. The van der Waals surface area contributed by atoms with Crippen molar-refractivity contribution in [2.24, 2.45) is 5.41 Å². The third-order valence-corrected chi connectivity index (χ3v) is 3.93. The Labute approximate surface area is 136 Å². The topological polar surface area (TPSA) is 21.3 Å². The highest BCUT2D eigenvalue weighted by Crippen LogP contribution is 2.36. The molecule has 0 amide bonds. The zero-order valence-electron chi connectivity index (χ0n) is 14.0. The van der Waals surface area contributed by atoms with Crippen LogP contribution in [0.1, 0.15) is 53.0 Å². The van der Waals surface area contributed by atoms with Crippen LogP contribution in [-0.2, 0) is 5.41 Å². The summed E-state index contributed by atoms with van der Waals surface area (Å²) >= 11 is 0. The monoisotopic (exact) mass is 311 g/mol. The fourth-order valence-corrected chi connectivity index (χ4v) is 3.33. The van der Waals surface area contributed by atoms with Gasteiger partial charge in [-0.15, -0.1) is 12.4 Å². The van der Waals surface area contributed by atoms with Gasteiger partial charge >= 0.3 is 0 Å². The molecule has 1 fully saturated rings. The Hall–Kier alpha value is -0.730. The van der Waals surface area contributed by atoms with Gasteiger partial charge in [0.2, 0.25) is 0 Å². The van der Waals surface area contributed by atoms with E-state index in [-0.39, 0.29) is 17.8 Å². The maximum atomic E-state index is 5.98. The van der Waals surface area contributed by atoms with E-state index in [1.165, 1.54) is 12.0 Å². The van der Waals surface area contributed by atoms with Crippen LogP contribution in [0.4, 0.5) is 0 Å². The minimum Gasteiger partial charge on any atom is -0.489 e. The fraction of sp³-hybridized carbons (Fsp3) is 0.667. The Balaban J connectivity index is 0.00000220. The average Bonchev–Trinajstić information content (AvgIpc) is 2.79. The lowest BCUT2D eigenvalue weighted by Crippen LogP contribution is -2.24. The van der Waals surface area contributed by atoms with Crippen LogP contribution in [0.5, 0.6) is 5.75 Å². The normalized spacial score (nSPS) is 19.2. The van der Waals surface area contributed by atoms with E-state index in [2.05, 4.69) is 64.2 Å². The van der Waals surface area contributed by atoms with Gasteiger partial charge < -0.3 is 10.1 Å². The van der Waals surface area contributed by atoms with Crippen LogP contribution in [0.3, 0.4) is 0 Å². The zero-order valence-corrected chi connectivity index (χ0v) is 14.8. The Kier molecular flexibility index (Phi) is 6.12. The molecule has 1 aliphatic rings. The van der Waals surface area contributed by atoms with E-state index in [9.17, 15) is 0 Å². The summed E-state index contributed by atoms with van der Waals surface area (Å²) in [6.07, 6.45) is 2.62. The van der Waals surface area contributed by atoms with Crippen molar-refractivity contribution in [3.8, 4) is 5.75 Å². The van der Waals surface area contributed by atoms with Crippen LogP contribution < -0.4 is 10.1 Å². The van der Waals surface area contributed by atoms with Crippen molar-refractivity contribution in [1.82, 2.24) is 5.32 Å². The van der Waals surface area contributed by atoms with E-state index in [1.807, 2.05) is 0 Å². The molecule has 3 heteroatoms. The van der Waals surface area contributed by atoms with Crippen molar-refractivity contribution in [1.29, 1.82) is 0 Å². The van der Waals surface area contributed by atoms with Gasteiger partial charge in [0.1, 0.15) is 11.9 Å². The fourth-order valence-electron chi connectivity index (χ4n) is 3.33. The molecule has 0 saturated carbocycles. The van der Waals surface area contributed by atoms with Crippen LogP contribution in [0.2, 0.25) is 0 Å². The summed E-state index contributed by atoms with van der Waals surface area (Å²) in [5.74, 6) is 0.994. The maximum Gasteiger partial charge on any atom is 0.119 e. The second kappa shape index (κ2) is 7.02. The van der Waals surface area contributed by atoms with Gasteiger partial charge in [0.05, 0.1) is 0 Å². The first kappa shape index (κ1) is 18.3. The highest BCUT2D eigenvalue weighted by molar-refractivity contribution is 5.85. The first-order valence-electron chi connectivity index (χ1n) is 7.74. The predicted octanol–water partition coefficient (Wildman–Crippen LogP) is 4.56. The summed E-state index contributed by atoms with van der Waals surface area (Å²) in [6.45, 7) is 13.6. The minimum absolute atomic E-state index is 0. The lowest BCUT2D eigenvalue weighted by Gasteiger charge is -2.33. The second-order valence-corrected chi connectivity index (χ2v) is 7.88. The van der Waals surface area contributed by atoms with Crippen molar-refractivity contribution in [3.05, 3.63) is 29.8 Å². The summed E-state index contributed by atoms with van der Waals surface area (Å²) < 4.78 is 5.98. The number of hydrogen-bond donors (Lipinski definition) is 1. The summed E-state index contributed by atoms with van der Waals surface area (Å²) in [5.41, 5.74) is 1.93. The van der Waals surface area contributed by atoms with Crippen molar-refractivity contribution < 1.29 is 4.74 Å². The number of halogens is 1.